The predicted octanol–water partition coefficient (Wildman–Crippen LogP) is 3.08. The van der Waals surface area contributed by atoms with Crippen molar-refractivity contribution in [2.24, 2.45) is 5.92 Å². The Morgan fingerprint density at radius 3 is 2.45 bits per heavy atom. The fraction of sp³-hybridized carbons (Fsp3) is 0.316. The van der Waals surface area contributed by atoms with E-state index in [0.29, 0.717) is 5.92 Å². The zero-order valence-corrected chi connectivity index (χ0v) is 12.7. The normalized spacial score (nSPS) is 17.4. The van der Waals surface area contributed by atoms with Crippen LogP contribution < -0.4 is 10.6 Å². The van der Waals surface area contributed by atoms with Crippen molar-refractivity contribution >= 4 is 5.91 Å². The predicted molar refractivity (Wildman–Crippen MR) is 89.8 cm³/mol. The van der Waals surface area contributed by atoms with E-state index in [1.165, 1.54) is 12.0 Å². The zero-order valence-electron chi connectivity index (χ0n) is 12.7. The van der Waals surface area contributed by atoms with Gasteiger partial charge in [-0.1, -0.05) is 42.5 Å². The molecule has 1 saturated heterocycles. The van der Waals surface area contributed by atoms with Crippen LogP contribution in [-0.4, -0.2) is 25.5 Å². The molecule has 114 valence electrons. The van der Waals surface area contributed by atoms with Crippen molar-refractivity contribution in [3.8, 4) is 11.1 Å². The van der Waals surface area contributed by atoms with Crippen molar-refractivity contribution in [3.63, 3.8) is 0 Å². The number of hydrogen-bond acceptors (Lipinski definition) is 2. The summed E-state index contributed by atoms with van der Waals surface area (Å²) in [6.45, 7) is 2.95. The van der Waals surface area contributed by atoms with E-state index in [2.05, 4.69) is 22.8 Å². The van der Waals surface area contributed by atoms with E-state index >= 15 is 0 Å². The summed E-state index contributed by atoms with van der Waals surface area (Å²) >= 11 is 0. The molecule has 1 unspecified atom stereocenters. The maximum Gasteiger partial charge on any atom is 0.251 e. The van der Waals surface area contributed by atoms with Crippen LogP contribution >= 0.6 is 0 Å². The van der Waals surface area contributed by atoms with Crippen molar-refractivity contribution in [1.82, 2.24) is 10.6 Å². The maximum atomic E-state index is 12.1. The first-order chi connectivity index (χ1) is 10.8. The average Bonchev–Trinajstić information content (AvgIpc) is 3.09. The standard InChI is InChI=1S/C19H22N2O/c22-19(21-13-11-15-10-12-20-14-15)18-8-6-17(7-9-18)16-4-2-1-3-5-16/h1-9,15,20H,10-14H2,(H,21,22). The molecule has 0 radical (unpaired) electrons. The molecule has 3 nitrogen and oxygen atoms in total. The lowest BCUT2D eigenvalue weighted by Gasteiger charge is -2.10. The molecule has 0 spiro atoms. The van der Waals surface area contributed by atoms with Crippen LogP contribution in [0.25, 0.3) is 11.1 Å². The monoisotopic (exact) mass is 294 g/mol. The molecule has 0 bridgehead atoms. The number of amides is 1. The van der Waals surface area contributed by atoms with E-state index in [1.54, 1.807) is 0 Å². The van der Waals surface area contributed by atoms with Gasteiger partial charge in [-0.25, -0.2) is 0 Å². The third kappa shape index (κ3) is 3.74. The van der Waals surface area contributed by atoms with Gasteiger partial charge in [0.15, 0.2) is 0 Å². The summed E-state index contributed by atoms with van der Waals surface area (Å²) in [7, 11) is 0. The van der Waals surface area contributed by atoms with Crippen LogP contribution in [0.15, 0.2) is 54.6 Å². The SMILES string of the molecule is O=C(NCCC1CCNC1)c1ccc(-c2ccccc2)cc1. The molecule has 2 N–H and O–H groups in total. The minimum absolute atomic E-state index is 0.0190. The fourth-order valence-corrected chi connectivity index (χ4v) is 2.90. The van der Waals surface area contributed by atoms with Crippen LogP contribution in [0.2, 0.25) is 0 Å². The Labute approximate surface area is 131 Å². The van der Waals surface area contributed by atoms with Gasteiger partial charge in [0.05, 0.1) is 0 Å². The van der Waals surface area contributed by atoms with Gasteiger partial charge in [-0.3, -0.25) is 4.79 Å². The van der Waals surface area contributed by atoms with Crippen LogP contribution in [0.4, 0.5) is 0 Å². The van der Waals surface area contributed by atoms with E-state index in [9.17, 15) is 4.79 Å². The molecule has 1 fully saturated rings. The molecule has 3 rings (SSSR count). The molecule has 1 aliphatic rings. The van der Waals surface area contributed by atoms with Crippen LogP contribution in [0.5, 0.6) is 0 Å². The molecule has 1 atom stereocenters. The van der Waals surface area contributed by atoms with Gasteiger partial charge in [-0.15, -0.1) is 0 Å². The highest BCUT2D eigenvalue weighted by molar-refractivity contribution is 5.94. The van der Waals surface area contributed by atoms with Crippen molar-refractivity contribution in [2.45, 2.75) is 12.8 Å². The average molecular weight is 294 g/mol. The van der Waals surface area contributed by atoms with Crippen molar-refractivity contribution < 1.29 is 4.79 Å². The molecule has 0 saturated carbocycles. The molecular weight excluding hydrogens is 272 g/mol. The minimum atomic E-state index is 0.0190. The second kappa shape index (κ2) is 7.23. The summed E-state index contributed by atoms with van der Waals surface area (Å²) in [5.74, 6) is 0.728. The smallest absolute Gasteiger partial charge is 0.251 e. The van der Waals surface area contributed by atoms with Gasteiger partial charge in [-0.05, 0) is 55.1 Å². The topological polar surface area (TPSA) is 41.1 Å². The van der Waals surface area contributed by atoms with Crippen LogP contribution in [0.3, 0.4) is 0 Å². The molecule has 3 heteroatoms. The molecule has 0 aromatic heterocycles. The first kappa shape index (κ1) is 14.8. The number of benzene rings is 2. The van der Waals surface area contributed by atoms with Crippen molar-refractivity contribution in [2.75, 3.05) is 19.6 Å². The summed E-state index contributed by atoms with van der Waals surface area (Å²) in [5, 5.41) is 6.37. The van der Waals surface area contributed by atoms with Gasteiger partial charge in [0.25, 0.3) is 5.91 Å². The summed E-state index contributed by atoms with van der Waals surface area (Å²) < 4.78 is 0. The maximum absolute atomic E-state index is 12.1. The van der Waals surface area contributed by atoms with E-state index in [1.807, 2.05) is 42.5 Å². The summed E-state index contributed by atoms with van der Waals surface area (Å²) in [4.78, 5) is 12.1. The Morgan fingerprint density at radius 1 is 1.05 bits per heavy atom. The highest BCUT2D eigenvalue weighted by Gasteiger charge is 2.14. The molecule has 1 heterocycles. The first-order valence-corrected chi connectivity index (χ1v) is 7.97. The minimum Gasteiger partial charge on any atom is -0.352 e. The molecular formula is C19H22N2O. The van der Waals surface area contributed by atoms with Gasteiger partial charge >= 0.3 is 0 Å². The van der Waals surface area contributed by atoms with Crippen LogP contribution in [0, 0.1) is 5.92 Å². The summed E-state index contributed by atoms with van der Waals surface area (Å²) in [6, 6.07) is 18.0. The molecule has 1 aliphatic heterocycles. The van der Waals surface area contributed by atoms with Gasteiger partial charge in [0.2, 0.25) is 0 Å². The highest BCUT2D eigenvalue weighted by atomic mass is 16.1. The van der Waals surface area contributed by atoms with E-state index in [0.717, 1.165) is 37.2 Å². The van der Waals surface area contributed by atoms with E-state index < -0.39 is 0 Å². The lowest BCUT2D eigenvalue weighted by Crippen LogP contribution is -2.26. The number of carbonyl (C=O) groups is 1. The lowest BCUT2D eigenvalue weighted by atomic mass is 10.0. The van der Waals surface area contributed by atoms with E-state index in [4.69, 9.17) is 0 Å². The third-order valence-corrected chi connectivity index (χ3v) is 4.25. The van der Waals surface area contributed by atoms with E-state index in [-0.39, 0.29) is 5.91 Å². The zero-order chi connectivity index (χ0) is 15.2. The molecule has 2 aromatic carbocycles. The Hall–Kier alpha value is -2.13. The number of nitrogens with one attached hydrogen (secondary N) is 2. The van der Waals surface area contributed by atoms with Crippen molar-refractivity contribution in [1.29, 1.82) is 0 Å². The van der Waals surface area contributed by atoms with Crippen LogP contribution in [-0.2, 0) is 0 Å². The quantitative estimate of drug-likeness (QED) is 0.890. The second-order valence-corrected chi connectivity index (χ2v) is 5.85. The Bertz CT molecular complexity index is 601. The Kier molecular flexibility index (Phi) is 4.86. The number of hydrogen-bond donors (Lipinski definition) is 2. The summed E-state index contributed by atoms with van der Waals surface area (Å²) in [6.07, 6.45) is 2.28. The Balaban J connectivity index is 1.54. The third-order valence-electron chi connectivity index (χ3n) is 4.25. The van der Waals surface area contributed by atoms with Gasteiger partial charge in [-0.2, -0.15) is 0 Å². The fourth-order valence-electron chi connectivity index (χ4n) is 2.90. The largest absolute Gasteiger partial charge is 0.352 e. The Morgan fingerprint density at radius 2 is 1.77 bits per heavy atom. The highest BCUT2D eigenvalue weighted by Crippen LogP contribution is 2.19. The van der Waals surface area contributed by atoms with Gasteiger partial charge in [0, 0.05) is 12.1 Å². The van der Waals surface area contributed by atoms with Crippen molar-refractivity contribution in [3.05, 3.63) is 60.2 Å². The van der Waals surface area contributed by atoms with Gasteiger partial charge in [0.1, 0.15) is 0 Å². The number of rotatable bonds is 5. The van der Waals surface area contributed by atoms with Crippen LogP contribution in [0.1, 0.15) is 23.2 Å². The molecule has 22 heavy (non-hydrogen) atoms. The lowest BCUT2D eigenvalue weighted by molar-refractivity contribution is 0.0951. The molecule has 2 aromatic rings. The summed E-state index contributed by atoms with van der Waals surface area (Å²) in [5.41, 5.74) is 3.03. The molecule has 0 aliphatic carbocycles. The first-order valence-electron chi connectivity index (χ1n) is 7.97. The number of carbonyl (C=O) groups excluding carboxylic acids is 1. The molecule has 1 amide bonds. The second-order valence-electron chi connectivity index (χ2n) is 5.85. The van der Waals surface area contributed by atoms with Gasteiger partial charge < -0.3 is 10.6 Å².